The Balaban J connectivity index is 3.05. The molecule has 0 saturated carbocycles. The minimum Gasteiger partial charge on any atom is -0.133 e. The first-order valence-electron chi connectivity index (χ1n) is 2.57. The van der Waals surface area contributed by atoms with Gasteiger partial charge in [0.2, 0.25) is 0 Å². The van der Waals surface area contributed by atoms with E-state index in [-0.39, 0.29) is 6.61 Å². The molecule has 0 bridgehead atoms. The topological polar surface area (TPSA) is 95.3 Å². The van der Waals surface area contributed by atoms with Crippen LogP contribution >= 0.6 is 8.25 Å². The van der Waals surface area contributed by atoms with Gasteiger partial charge in [0, 0.05) is 16.0 Å². The molecule has 1 N–H and O–H groups in total. The lowest BCUT2D eigenvalue weighted by atomic mass is 10.5. The SMILES string of the molecule is [N-]=[N+]=NCCCO[P+](=O)O. The summed E-state index contributed by atoms with van der Waals surface area (Å²) in [7, 11) is -2.51. The van der Waals surface area contributed by atoms with Gasteiger partial charge in [-0.05, 0) is 12.0 Å². The van der Waals surface area contributed by atoms with Crippen LogP contribution in [0.25, 0.3) is 10.4 Å². The first-order valence-corrected chi connectivity index (χ1v) is 3.70. The molecular weight excluding hydrogens is 157 g/mol. The third kappa shape index (κ3) is 7.33. The van der Waals surface area contributed by atoms with Crippen molar-refractivity contribution in [2.24, 2.45) is 5.11 Å². The van der Waals surface area contributed by atoms with Crippen LogP contribution in [0, 0.1) is 0 Å². The first-order chi connectivity index (χ1) is 4.77. The zero-order valence-corrected chi connectivity index (χ0v) is 6.07. The standard InChI is InChI=1S/C3H6N3O3P/c4-6-5-2-1-3-9-10(7)8/h1-3H2/p+1. The van der Waals surface area contributed by atoms with Crippen LogP contribution in [0.1, 0.15) is 6.42 Å². The molecular formula is C3H7N3O3P+. The third-order valence-corrected chi connectivity index (χ3v) is 1.07. The Morgan fingerprint density at radius 2 is 2.50 bits per heavy atom. The van der Waals surface area contributed by atoms with Gasteiger partial charge >= 0.3 is 8.25 Å². The van der Waals surface area contributed by atoms with E-state index in [9.17, 15) is 4.57 Å². The highest BCUT2D eigenvalue weighted by atomic mass is 31.1. The molecule has 0 aromatic carbocycles. The molecule has 0 aliphatic rings. The largest absolute Gasteiger partial charge is 0.694 e. The maximum atomic E-state index is 9.85. The van der Waals surface area contributed by atoms with Crippen LogP contribution < -0.4 is 0 Å². The van der Waals surface area contributed by atoms with Crippen LogP contribution in [-0.4, -0.2) is 18.0 Å². The van der Waals surface area contributed by atoms with E-state index in [1.807, 2.05) is 0 Å². The molecule has 10 heavy (non-hydrogen) atoms. The summed E-state index contributed by atoms with van der Waals surface area (Å²) in [6.07, 6.45) is 0.464. The number of azide groups is 1. The van der Waals surface area contributed by atoms with Gasteiger partial charge in [-0.1, -0.05) is 5.11 Å². The van der Waals surface area contributed by atoms with Crippen molar-refractivity contribution in [3.8, 4) is 0 Å². The monoisotopic (exact) mass is 164 g/mol. The van der Waals surface area contributed by atoms with Gasteiger partial charge in [0.15, 0.2) is 0 Å². The lowest BCUT2D eigenvalue weighted by Gasteiger charge is -1.83. The summed E-state index contributed by atoms with van der Waals surface area (Å²) < 4.78 is 14.1. The van der Waals surface area contributed by atoms with E-state index in [2.05, 4.69) is 14.5 Å². The molecule has 0 amide bonds. The predicted molar refractivity (Wildman–Crippen MR) is 34.4 cm³/mol. The highest BCUT2D eigenvalue weighted by molar-refractivity contribution is 7.32. The van der Waals surface area contributed by atoms with Crippen molar-refractivity contribution in [2.45, 2.75) is 6.42 Å². The molecule has 0 aliphatic heterocycles. The van der Waals surface area contributed by atoms with Crippen molar-refractivity contribution in [1.29, 1.82) is 0 Å². The molecule has 7 heteroatoms. The predicted octanol–water partition coefficient (Wildman–Crippen LogP) is 1.35. The van der Waals surface area contributed by atoms with E-state index >= 15 is 0 Å². The minimum absolute atomic E-state index is 0.144. The fraction of sp³-hybridized carbons (Fsp3) is 1.00. The Morgan fingerprint density at radius 3 is 3.00 bits per heavy atom. The summed E-state index contributed by atoms with van der Waals surface area (Å²) in [5.74, 6) is 0. The highest BCUT2D eigenvalue weighted by Crippen LogP contribution is 2.13. The van der Waals surface area contributed by atoms with Crippen molar-refractivity contribution in [2.75, 3.05) is 13.2 Å². The zero-order valence-electron chi connectivity index (χ0n) is 5.17. The summed E-state index contributed by atoms with van der Waals surface area (Å²) in [5.41, 5.74) is 7.79. The fourth-order valence-corrected chi connectivity index (χ4v) is 0.608. The number of rotatable bonds is 5. The van der Waals surface area contributed by atoms with Gasteiger partial charge < -0.3 is 0 Å². The molecule has 1 atom stereocenters. The van der Waals surface area contributed by atoms with E-state index in [0.717, 1.165) is 0 Å². The van der Waals surface area contributed by atoms with E-state index in [4.69, 9.17) is 10.4 Å². The van der Waals surface area contributed by atoms with E-state index < -0.39 is 8.25 Å². The van der Waals surface area contributed by atoms with Gasteiger partial charge in [-0.15, -0.1) is 9.42 Å². The molecule has 0 heterocycles. The van der Waals surface area contributed by atoms with Crippen LogP contribution in [0.3, 0.4) is 0 Å². The summed E-state index contributed by atoms with van der Waals surface area (Å²) in [6.45, 7) is 0.435. The lowest BCUT2D eigenvalue weighted by Crippen LogP contribution is -1.88. The van der Waals surface area contributed by atoms with Gasteiger partial charge in [-0.2, -0.15) is 0 Å². The Morgan fingerprint density at radius 1 is 1.80 bits per heavy atom. The van der Waals surface area contributed by atoms with Crippen LogP contribution in [0.4, 0.5) is 0 Å². The molecule has 0 spiro atoms. The van der Waals surface area contributed by atoms with Crippen LogP contribution in [0.5, 0.6) is 0 Å². The minimum atomic E-state index is -2.51. The Bertz CT molecular complexity index is 151. The van der Waals surface area contributed by atoms with Crippen molar-refractivity contribution >= 4 is 8.25 Å². The number of hydrogen-bond donors (Lipinski definition) is 1. The molecule has 0 aliphatic carbocycles. The van der Waals surface area contributed by atoms with Gasteiger partial charge in [-0.3, -0.25) is 0 Å². The lowest BCUT2D eigenvalue weighted by molar-refractivity contribution is 0.279. The molecule has 0 radical (unpaired) electrons. The molecule has 0 rings (SSSR count). The summed E-state index contributed by atoms with van der Waals surface area (Å²) in [4.78, 5) is 10.6. The van der Waals surface area contributed by atoms with E-state index in [0.29, 0.717) is 13.0 Å². The number of nitrogens with zero attached hydrogens (tertiary/aromatic N) is 3. The van der Waals surface area contributed by atoms with E-state index in [1.54, 1.807) is 0 Å². The zero-order chi connectivity index (χ0) is 7.82. The van der Waals surface area contributed by atoms with Crippen molar-refractivity contribution < 1.29 is 14.0 Å². The maximum absolute atomic E-state index is 9.85. The maximum Gasteiger partial charge on any atom is 0.694 e. The smallest absolute Gasteiger partial charge is 0.133 e. The van der Waals surface area contributed by atoms with Crippen LogP contribution in [0.2, 0.25) is 0 Å². The summed E-state index contributed by atoms with van der Waals surface area (Å²) in [5, 5.41) is 3.19. The van der Waals surface area contributed by atoms with Gasteiger partial charge in [0.1, 0.15) is 6.61 Å². The number of hydrogen-bond acceptors (Lipinski definition) is 3. The average molecular weight is 164 g/mol. The molecule has 1 unspecified atom stereocenters. The van der Waals surface area contributed by atoms with Crippen LogP contribution in [-0.2, 0) is 9.09 Å². The fourth-order valence-electron chi connectivity index (χ4n) is 0.323. The second-order valence-electron chi connectivity index (χ2n) is 1.38. The summed E-state index contributed by atoms with van der Waals surface area (Å²) in [6, 6.07) is 0. The molecule has 0 aromatic rings. The van der Waals surface area contributed by atoms with E-state index in [1.165, 1.54) is 0 Å². The third-order valence-electron chi connectivity index (χ3n) is 0.667. The quantitative estimate of drug-likeness (QED) is 0.218. The second-order valence-corrected chi connectivity index (χ2v) is 2.11. The van der Waals surface area contributed by atoms with Gasteiger partial charge in [0.25, 0.3) is 0 Å². The average Bonchev–Trinajstić information content (AvgIpc) is 1.87. The van der Waals surface area contributed by atoms with Crippen molar-refractivity contribution in [1.82, 2.24) is 0 Å². The summed E-state index contributed by atoms with van der Waals surface area (Å²) >= 11 is 0. The molecule has 0 saturated heterocycles. The molecule has 6 nitrogen and oxygen atoms in total. The van der Waals surface area contributed by atoms with Gasteiger partial charge in [-0.25, -0.2) is 0 Å². The molecule has 0 fully saturated rings. The Labute approximate surface area is 58.4 Å². The van der Waals surface area contributed by atoms with Gasteiger partial charge in [0.05, 0.1) is 0 Å². The second kappa shape index (κ2) is 6.45. The van der Waals surface area contributed by atoms with Crippen molar-refractivity contribution in [3.63, 3.8) is 0 Å². The Hall–Kier alpha value is -0.670. The molecule has 56 valence electrons. The van der Waals surface area contributed by atoms with Crippen molar-refractivity contribution in [3.05, 3.63) is 10.4 Å². The van der Waals surface area contributed by atoms with Crippen LogP contribution in [0.15, 0.2) is 5.11 Å². The first kappa shape index (κ1) is 9.33. The Kier molecular flexibility index (Phi) is 6.02. The normalized spacial score (nSPS) is 10.3. The molecule has 0 aromatic heterocycles. The highest BCUT2D eigenvalue weighted by Gasteiger charge is 2.09.